The van der Waals surface area contributed by atoms with Crippen LogP contribution >= 0.6 is 0 Å². The van der Waals surface area contributed by atoms with Crippen LogP contribution in [0.25, 0.3) is 11.3 Å². The minimum atomic E-state index is -5.27. The van der Waals surface area contributed by atoms with E-state index in [9.17, 15) is 59.4 Å². The summed E-state index contributed by atoms with van der Waals surface area (Å²) in [7, 11) is 1.78. The fraction of sp³-hybridized carbons (Fsp3) is 0.510. The van der Waals surface area contributed by atoms with Crippen molar-refractivity contribution in [2.75, 3.05) is 51.9 Å². The van der Waals surface area contributed by atoms with Crippen LogP contribution in [0, 0.1) is 34.3 Å². The van der Waals surface area contributed by atoms with Crippen molar-refractivity contribution in [3.8, 4) is 23.1 Å². The first kappa shape index (κ1) is 60.4. The van der Waals surface area contributed by atoms with Gasteiger partial charge in [0.2, 0.25) is 11.9 Å². The lowest BCUT2D eigenvalue weighted by molar-refractivity contribution is -0.239. The van der Waals surface area contributed by atoms with Gasteiger partial charge in [-0.2, -0.15) is 40.2 Å². The molecule has 0 aliphatic carbocycles. The Morgan fingerprint density at radius 2 is 1.46 bits per heavy atom. The average Bonchev–Trinajstić information content (AvgIpc) is 4.15. The fourth-order valence-corrected chi connectivity index (χ4v) is 9.18. The molecule has 5 heterocycles. The van der Waals surface area contributed by atoms with E-state index in [0.29, 0.717) is 74.0 Å². The number of rotatable bonds is 19. The third-order valence-corrected chi connectivity index (χ3v) is 14.3. The molecule has 29 heteroatoms. The monoisotopic (exact) mass is 1140 g/mol. The number of halogens is 10. The predicted octanol–water partition coefficient (Wildman–Crippen LogP) is 5.62. The van der Waals surface area contributed by atoms with Gasteiger partial charge in [-0.25, -0.2) is 38.0 Å². The summed E-state index contributed by atoms with van der Waals surface area (Å²) in [5.74, 6) is 0.317. The number of nitrogens with zero attached hydrogens (tertiary/aromatic N) is 7. The average molecular weight is 1140 g/mol. The molecule has 3 saturated heterocycles. The summed E-state index contributed by atoms with van der Waals surface area (Å²) in [6, 6.07) is 5.14. The minimum Gasteiger partial charge on any atom is -0.453 e. The highest BCUT2D eigenvalue weighted by molar-refractivity contribution is 5.87. The lowest BCUT2D eigenvalue weighted by Gasteiger charge is -2.42. The number of hydrazine groups is 1. The first-order valence-corrected chi connectivity index (χ1v) is 24.8. The second kappa shape index (κ2) is 24.2. The summed E-state index contributed by atoms with van der Waals surface area (Å²) in [5.41, 5.74) is -4.72. The fourth-order valence-electron chi connectivity index (χ4n) is 9.18. The topological polar surface area (TPSA) is 218 Å². The zero-order valence-corrected chi connectivity index (χ0v) is 43.8. The molecule has 3 fully saturated rings. The highest BCUT2D eigenvalue weighted by atomic mass is 19.4. The number of aliphatic hydroxyl groups is 1. The van der Waals surface area contributed by atoms with Crippen molar-refractivity contribution in [1.82, 2.24) is 51.0 Å². The largest absolute Gasteiger partial charge is 0.453 e. The molecule has 0 unspecified atom stereocenters. The van der Waals surface area contributed by atoms with Gasteiger partial charge in [0, 0.05) is 80.6 Å². The van der Waals surface area contributed by atoms with E-state index >= 15 is 8.78 Å². The summed E-state index contributed by atoms with van der Waals surface area (Å²) in [5, 5.41) is 22.1. The summed E-state index contributed by atoms with van der Waals surface area (Å²) >= 11 is 0. The first-order valence-electron chi connectivity index (χ1n) is 24.8. The molecule has 3 aliphatic heterocycles. The van der Waals surface area contributed by atoms with Gasteiger partial charge < -0.3 is 40.2 Å². The maximum absolute atomic E-state index is 16.0. The molecule has 2 aromatic heterocycles. The van der Waals surface area contributed by atoms with Gasteiger partial charge in [-0.15, -0.1) is 0 Å². The molecule has 7 rings (SSSR count). The predicted molar refractivity (Wildman–Crippen MR) is 263 cm³/mol. The minimum absolute atomic E-state index is 0.195. The SMILES string of the molecule is CNC(=O)O[C@H](C(=O)NN(Cc1c(F)cc(-c2ccn(C(F)F)n2)cc1F)C[C@H](O)[C@H](Cc1ccc(C#Cc2cnc(N3C[C@H]4C[C@@H]3CN4C3COC3)nc2)cc1)NC(=O)[C@@H](NC(=O)OC)C(C)(C)C(F)(F)F)C(C)(C)C(F)(F)F. The van der Waals surface area contributed by atoms with Gasteiger partial charge in [0.15, 0.2) is 6.10 Å². The Bertz CT molecular complexity index is 2910. The number of alkyl halides is 8. The molecule has 4 amide bonds. The number of ether oxygens (including phenoxy) is 3. The first-order chi connectivity index (χ1) is 37.5. The van der Waals surface area contributed by atoms with E-state index in [1.807, 2.05) is 16.1 Å². The van der Waals surface area contributed by atoms with Crippen LogP contribution in [0.5, 0.6) is 0 Å². The zero-order valence-electron chi connectivity index (χ0n) is 43.8. The van der Waals surface area contributed by atoms with Crippen LogP contribution < -0.4 is 26.3 Å². The maximum atomic E-state index is 16.0. The molecule has 6 atom stereocenters. The number of hydrogen-bond acceptors (Lipinski definition) is 14. The van der Waals surface area contributed by atoms with Gasteiger partial charge in [-0.3, -0.25) is 19.9 Å². The van der Waals surface area contributed by atoms with Crippen LogP contribution in [0.2, 0.25) is 0 Å². The quantitative estimate of drug-likeness (QED) is 0.0438. The van der Waals surface area contributed by atoms with E-state index in [1.165, 1.54) is 24.3 Å². The summed E-state index contributed by atoms with van der Waals surface area (Å²) in [4.78, 5) is 66.5. The molecule has 3 aliphatic rings. The molecular weight excluding hydrogens is 1080 g/mol. The van der Waals surface area contributed by atoms with E-state index in [2.05, 4.69) is 46.8 Å². The van der Waals surface area contributed by atoms with Gasteiger partial charge in [0.05, 0.1) is 55.2 Å². The van der Waals surface area contributed by atoms with Crippen molar-refractivity contribution in [3.63, 3.8) is 0 Å². The number of likely N-dealkylation sites (tertiary alicyclic amines) is 1. The van der Waals surface area contributed by atoms with E-state index in [1.54, 1.807) is 12.4 Å². The number of aliphatic hydroxyl groups excluding tert-OH is 1. The van der Waals surface area contributed by atoms with E-state index in [-0.39, 0.29) is 27.5 Å². The second-order valence-corrected chi connectivity index (χ2v) is 20.5. The van der Waals surface area contributed by atoms with Gasteiger partial charge >= 0.3 is 31.1 Å². The van der Waals surface area contributed by atoms with Crippen molar-refractivity contribution in [3.05, 3.63) is 94.9 Å². The number of carbonyl (C=O) groups is 4. The lowest BCUT2D eigenvalue weighted by Crippen LogP contribution is -2.62. The Morgan fingerprint density at radius 3 is 1.99 bits per heavy atom. The number of aromatic nitrogens is 4. The maximum Gasteiger partial charge on any atom is 0.407 e. The molecule has 2 bridgehead atoms. The molecule has 434 valence electrons. The van der Waals surface area contributed by atoms with Crippen molar-refractivity contribution in [2.24, 2.45) is 10.8 Å². The van der Waals surface area contributed by atoms with Crippen LogP contribution in [-0.2, 0) is 36.8 Å². The van der Waals surface area contributed by atoms with Gasteiger partial charge in [-0.05, 0) is 76.4 Å². The summed E-state index contributed by atoms with van der Waals surface area (Å²) in [6.45, 7) is -0.128. The number of piperazine rings is 1. The lowest BCUT2D eigenvalue weighted by atomic mass is 9.82. The molecule has 0 radical (unpaired) electrons. The van der Waals surface area contributed by atoms with E-state index < -0.39 is 115 Å². The number of hydrogen-bond donors (Lipinski definition) is 5. The number of methoxy groups -OCH3 is 1. The second-order valence-electron chi connectivity index (χ2n) is 20.5. The zero-order chi connectivity index (χ0) is 58.6. The van der Waals surface area contributed by atoms with Crippen molar-refractivity contribution >= 4 is 29.9 Å². The highest BCUT2D eigenvalue weighted by Gasteiger charge is 2.58. The molecule has 5 N–H and O–H groups in total. The van der Waals surface area contributed by atoms with Crippen LogP contribution in [0.3, 0.4) is 0 Å². The smallest absolute Gasteiger partial charge is 0.407 e. The molecule has 4 aromatic rings. The molecule has 0 saturated carbocycles. The van der Waals surface area contributed by atoms with Crippen LogP contribution in [-0.4, -0.2) is 161 Å². The molecule has 2 aromatic carbocycles. The Hall–Kier alpha value is -7.29. The van der Waals surface area contributed by atoms with Crippen LogP contribution in [0.15, 0.2) is 61.1 Å². The van der Waals surface area contributed by atoms with E-state index in [4.69, 9.17) is 9.47 Å². The number of nitrogens with one attached hydrogen (secondary N) is 4. The summed E-state index contributed by atoms with van der Waals surface area (Å²) < 4.78 is 161. The van der Waals surface area contributed by atoms with Gasteiger partial charge in [0.25, 0.3) is 5.91 Å². The number of alkyl carbamates (subject to hydrolysis) is 2. The van der Waals surface area contributed by atoms with Crippen LogP contribution in [0.1, 0.15) is 62.9 Å². The third-order valence-electron chi connectivity index (χ3n) is 14.3. The van der Waals surface area contributed by atoms with Gasteiger partial charge in [0.1, 0.15) is 23.1 Å². The standard InChI is InChI=1S/C51H57F10N11O8/c1-48(2,50(56,57)58)40(66-47(77)78-6)42(74)65-38(15-28-10-7-27(8-11-28)9-12-29-19-63-45(64-20-29)71-22-31-18-32(71)21-70(31)33-25-79-26-33)39(73)24-69(68-43(75)41(80-46(76)62-5)49(3,4)51(59,60)61)23-34-35(52)16-30(17-36(34)53)37-13-14-72(67-37)44(54)55/h7-8,10-11,13-14,16-17,19-20,31-33,38-41,44,73H,15,18,21-26H2,1-6H3,(H,62,76)(H,65,74)(H,66,77)(H,68,75)/t31-,32-,38+,39+,40-,41-/m1/s1. The number of amides is 4. The number of carbonyl (C=O) groups excluding carboxylic acids is 4. The number of fused-ring (bicyclic) bond motifs is 2. The highest BCUT2D eigenvalue weighted by Crippen LogP contribution is 2.43. The Morgan fingerprint density at radius 1 is 0.838 bits per heavy atom. The number of benzene rings is 2. The van der Waals surface area contributed by atoms with Gasteiger partial charge in [-0.1, -0.05) is 24.0 Å². The normalized spacial score (nSPS) is 18.4. The molecule has 80 heavy (non-hydrogen) atoms. The Balaban J connectivity index is 1.18. The van der Waals surface area contributed by atoms with E-state index in [0.717, 1.165) is 59.1 Å². The Labute approximate surface area is 451 Å². The molecule has 19 nitrogen and oxygen atoms in total. The number of anilines is 1. The van der Waals surface area contributed by atoms with Crippen molar-refractivity contribution in [1.29, 1.82) is 0 Å². The molecule has 0 spiro atoms. The Kier molecular flexibility index (Phi) is 18.3. The van der Waals surface area contributed by atoms with Crippen LogP contribution in [0.4, 0.5) is 59.4 Å². The van der Waals surface area contributed by atoms with Crippen molar-refractivity contribution in [2.45, 2.75) is 108 Å². The molecular formula is C51H57F10N11O8. The van der Waals surface area contributed by atoms with Crippen molar-refractivity contribution < 1.29 is 82.4 Å². The third kappa shape index (κ3) is 13.6. The summed E-state index contributed by atoms with van der Waals surface area (Å²) in [6.07, 6.45) is -13.9.